The summed E-state index contributed by atoms with van der Waals surface area (Å²) in [5.74, 6) is 0.0899. The van der Waals surface area contributed by atoms with Crippen LogP contribution < -0.4 is 15.5 Å². The molecule has 1 saturated heterocycles. The van der Waals surface area contributed by atoms with Crippen LogP contribution in [0.25, 0.3) is 10.8 Å². The van der Waals surface area contributed by atoms with Crippen molar-refractivity contribution in [3.63, 3.8) is 0 Å². The van der Waals surface area contributed by atoms with E-state index in [1.54, 1.807) is 4.90 Å². The van der Waals surface area contributed by atoms with Crippen LogP contribution in [-0.2, 0) is 6.18 Å². The Balaban J connectivity index is 1.23. The van der Waals surface area contributed by atoms with E-state index in [1.807, 2.05) is 42.5 Å². The van der Waals surface area contributed by atoms with Crippen LogP contribution >= 0.6 is 0 Å². The van der Waals surface area contributed by atoms with Gasteiger partial charge in [-0.25, -0.2) is 14.8 Å². The topological polar surface area (TPSA) is 73.4 Å². The highest BCUT2D eigenvalue weighted by molar-refractivity contribution is 6.01. The molecule has 32 heavy (non-hydrogen) atoms. The second-order valence-corrected chi connectivity index (χ2v) is 7.48. The molecule has 2 heterocycles. The van der Waals surface area contributed by atoms with Crippen LogP contribution in [0.5, 0.6) is 0 Å². The molecule has 7 nitrogen and oxygen atoms in total. The first-order valence-electron chi connectivity index (χ1n) is 10.3. The normalized spacial score (nSPS) is 15.0. The van der Waals surface area contributed by atoms with Crippen LogP contribution in [-0.4, -0.2) is 60.2 Å². The highest BCUT2D eigenvalue weighted by Crippen LogP contribution is 2.28. The summed E-state index contributed by atoms with van der Waals surface area (Å²) in [6.45, 7) is 3.42. The van der Waals surface area contributed by atoms with Gasteiger partial charge in [0.25, 0.3) is 0 Å². The fourth-order valence-corrected chi connectivity index (χ4v) is 3.66. The van der Waals surface area contributed by atoms with Gasteiger partial charge in [-0.1, -0.05) is 36.4 Å². The fourth-order valence-electron chi connectivity index (χ4n) is 3.66. The number of carbonyl (C=O) groups is 1. The monoisotopic (exact) mass is 444 g/mol. The molecule has 0 spiro atoms. The summed E-state index contributed by atoms with van der Waals surface area (Å²) < 4.78 is 38.6. The van der Waals surface area contributed by atoms with Gasteiger partial charge in [0.2, 0.25) is 5.95 Å². The second kappa shape index (κ2) is 9.39. The van der Waals surface area contributed by atoms with Gasteiger partial charge in [-0.2, -0.15) is 13.2 Å². The van der Waals surface area contributed by atoms with E-state index in [9.17, 15) is 18.0 Å². The summed E-state index contributed by atoms with van der Waals surface area (Å²) in [6, 6.07) is 14.2. The standard InChI is InChI=1S/C22H23F3N6O/c23-22(24,25)19-8-9-26-20(29-19)31-14-12-30(13-15-31)11-10-27-21(32)28-18-7-3-5-16-4-1-2-6-17(16)18/h1-9H,10-15H2,(H2,27,28,32). The molecule has 2 amide bonds. The molecule has 3 aromatic rings. The van der Waals surface area contributed by atoms with Crippen LogP contribution in [0.4, 0.5) is 29.6 Å². The largest absolute Gasteiger partial charge is 0.433 e. The number of amides is 2. The highest BCUT2D eigenvalue weighted by Gasteiger charge is 2.33. The lowest BCUT2D eigenvalue weighted by Gasteiger charge is -2.34. The van der Waals surface area contributed by atoms with Gasteiger partial charge in [-0.3, -0.25) is 4.90 Å². The molecule has 4 rings (SSSR count). The minimum absolute atomic E-state index is 0.0899. The SMILES string of the molecule is O=C(NCCN1CCN(c2nccc(C(F)(F)F)n2)CC1)Nc1cccc2ccccc12. The summed E-state index contributed by atoms with van der Waals surface area (Å²) in [6.07, 6.45) is -3.35. The van der Waals surface area contributed by atoms with Crippen molar-refractivity contribution in [3.05, 3.63) is 60.4 Å². The maximum Gasteiger partial charge on any atom is 0.433 e. The van der Waals surface area contributed by atoms with Crippen molar-refractivity contribution >= 4 is 28.4 Å². The summed E-state index contributed by atoms with van der Waals surface area (Å²) in [4.78, 5) is 23.8. The van der Waals surface area contributed by atoms with Crippen molar-refractivity contribution in [2.75, 3.05) is 49.5 Å². The number of anilines is 2. The number of hydrogen-bond donors (Lipinski definition) is 2. The average Bonchev–Trinajstić information content (AvgIpc) is 2.79. The minimum Gasteiger partial charge on any atom is -0.338 e. The maximum atomic E-state index is 12.9. The van der Waals surface area contributed by atoms with Gasteiger partial charge < -0.3 is 15.5 Å². The zero-order valence-corrected chi connectivity index (χ0v) is 17.3. The summed E-state index contributed by atoms with van der Waals surface area (Å²) in [5, 5.41) is 7.76. The average molecular weight is 444 g/mol. The van der Waals surface area contributed by atoms with Gasteiger partial charge in [0.15, 0.2) is 0 Å². The molecule has 0 unspecified atom stereocenters. The van der Waals surface area contributed by atoms with Crippen LogP contribution in [0.2, 0.25) is 0 Å². The first kappa shape index (κ1) is 21.8. The maximum absolute atomic E-state index is 12.9. The number of carbonyl (C=O) groups excluding carboxylic acids is 1. The lowest BCUT2D eigenvalue weighted by Crippen LogP contribution is -2.49. The van der Waals surface area contributed by atoms with E-state index in [-0.39, 0.29) is 12.0 Å². The number of benzene rings is 2. The van der Waals surface area contributed by atoms with E-state index in [2.05, 4.69) is 25.5 Å². The molecule has 1 fully saturated rings. The quantitative estimate of drug-likeness (QED) is 0.629. The number of piperazine rings is 1. The van der Waals surface area contributed by atoms with Crippen molar-refractivity contribution < 1.29 is 18.0 Å². The summed E-state index contributed by atoms with van der Waals surface area (Å²) in [7, 11) is 0. The molecule has 2 N–H and O–H groups in total. The Bertz CT molecular complexity index is 1080. The fraction of sp³-hybridized carbons (Fsp3) is 0.318. The zero-order chi connectivity index (χ0) is 22.6. The van der Waals surface area contributed by atoms with Gasteiger partial charge in [0, 0.05) is 50.9 Å². The molecule has 0 bridgehead atoms. The first-order valence-corrected chi connectivity index (χ1v) is 10.3. The van der Waals surface area contributed by atoms with Crippen molar-refractivity contribution in [2.24, 2.45) is 0 Å². The Hall–Kier alpha value is -3.40. The van der Waals surface area contributed by atoms with Gasteiger partial charge in [-0.05, 0) is 17.5 Å². The van der Waals surface area contributed by atoms with Gasteiger partial charge in [0.05, 0.1) is 5.69 Å². The van der Waals surface area contributed by atoms with Gasteiger partial charge in [-0.15, -0.1) is 0 Å². The number of nitrogens with one attached hydrogen (secondary N) is 2. The molecular weight excluding hydrogens is 421 g/mol. The summed E-state index contributed by atoms with van der Waals surface area (Å²) >= 11 is 0. The molecule has 0 aliphatic carbocycles. The van der Waals surface area contributed by atoms with Crippen molar-refractivity contribution in [1.82, 2.24) is 20.2 Å². The van der Waals surface area contributed by atoms with Crippen molar-refractivity contribution in [1.29, 1.82) is 0 Å². The number of hydrogen-bond acceptors (Lipinski definition) is 5. The van der Waals surface area contributed by atoms with E-state index in [0.717, 1.165) is 28.7 Å². The van der Waals surface area contributed by atoms with Gasteiger partial charge in [0.1, 0.15) is 5.69 Å². The number of halogens is 3. The number of urea groups is 1. The molecule has 168 valence electrons. The third-order valence-corrected chi connectivity index (χ3v) is 5.34. The van der Waals surface area contributed by atoms with E-state index < -0.39 is 11.9 Å². The van der Waals surface area contributed by atoms with Crippen LogP contribution in [0.15, 0.2) is 54.7 Å². The lowest BCUT2D eigenvalue weighted by molar-refractivity contribution is -0.141. The summed E-state index contributed by atoms with van der Waals surface area (Å²) in [5.41, 5.74) is -0.193. The third-order valence-electron chi connectivity index (χ3n) is 5.34. The molecular formula is C22H23F3N6O. The number of alkyl halides is 3. The number of aromatic nitrogens is 2. The molecule has 10 heteroatoms. The Labute approximate surface area is 183 Å². The molecule has 1 aliphatic rings. The first-order chi connectivity index (χ1) is 15.4. The number of rotatable bonds is 5. The lowest BCUT2D eigenvalue weighted by atomic mass is 10.1. The molecule has 0 atom stereocenters. The predicted molar refractivity (Wildman–Crippen MR) is 117 cm³/mol. The van der Waals surface area contributed by atoms with E-state index >= 15 is 0 Å². The Morgan fingerprint density at radius 3 is 2.53 bits per heavy atom. The smallest absolute Gasteiger partial charge is 0.338 e. The Kier molecular flexibility index (Phi) is 6.40. The molecule has 1 aliphatic heterocycles. The predicted octanol–water partition coefficient (Wildman–Crippen LogP) is 3.59. The number of fused-ring (bicyclic) bond motifs is 1. The number of nitrogens with zero attached hydrogens (tertiary/aromatic N) is 4. The van der Waals surface area contributed by atoms with Crippen LogP contribution in [0.1, 0.15) is 5.69 Å². The van der Waals surface area contributed by atoms with E-state index in [0.29, 0.717) is 39.3 Å². The van der Waals surface area contributed by atoms with Crippen LogP contribution in [0, 0.1) is 0 Å². The molecule has 1 aromatic heterocycles. The van der Waals surface area contributed by atoms with E-state index in [1.165, 1.54) is 0 Å². The molecule has 0 radical (unpaired) electrons. The Morgan fingerprint density at radius 1 is 1.00 bits per heavy atom. The van der Waals surface area contributed by atoms with Crippen LogP contribution in [0.3, 0.4) is 0 Å². The Morgan fingerprint density at radius 2 is 1.75 bits per heavy atom. The zero-order valence-electron chi connectivity index (χ0n) is 17.3. The third kappa shape index (κ3) is 5.25. The minimum atomic E-state index is -4.49. The highest BCUT2D eigenvalue weighted by atomic mass is 19.4. The molecule has 0 saturated carbocycles. The second-order valence-electron chi connectivity index (χ2n) is 7.48. The van der Waals surface area contributed by atoms with E-state index in [4.69, 9.17) is 0 Å². The molecule has 2 aromatic carbocycles. The van der Waals surface area contributed by atoms with Crippen molar-refractivity contribution in [3.8, 4) is 0 Å². The van der Waals surface area contributed by atoms with Gasteiger partial charge >= 0.3 is 12.2 Å². The van der Waals surface area contributed by atoms with Crippen molar-refractivity contribution in [2.45, 2.75) is 6.18 Å².